The zero-order chi connectivity index (χ0) is 22.8. The summed E-state index contributed by atoms with van der Waals surface area (Å²) in [6.45, 7) is 2.45. The van der Waals surface area contributed by atoms with Crippen LogP contribution in [0.3, 0.4) is 0 Å². The summed E-state index contributed by atoms with van der Waals surface area (Å²) in [7, 11) is 0. The number of amides is 1. The molecule has 5 rings (SSSR count). The van der Waals surface area contributed by atoms with Gasteiger partial charge in [-0.1, -0.05) is 84.1 Å². The van der Waals surface area contributed by atoms with E-state index in [4.69, 9.17) is 0 Å². The Morgan fingerprint density at radius 3 is 2.48 bits per heavy atom. The number of aromatic nitrogens is 3. The van der Waals surface area contributed by atoms with Crippen LogP contribution in [0.25, 0.3) is 11.4 Å². The molecule has 1 amide bonds. The van der Waals surface area contributed by atoms with E-state index in [9.17, 15) is 9.18 Å². The van der Waals surface area contributed by atoms with Crippen LogP contribution in [0.5, 0.6) is 0 Å². The molecule has 3 aromatic carbocycles. The van der Waals surface area contributed by atoms with Crippen LogP contribution < -0.4 is 10.7 Å². The topological polar surface area (TPSA) is 71.8 Å². The molecule has 6 nitrogen and oxygen atoms in total. The molecule has 2 heterocycles. The summed E-state index contributed by atoms with van der Waals surface area (Å²) >= 11 is 1.35. The Labute approximate surface area is 195 Å². The summed E-state index contributed by atoms with van der Waals surface area (Å²) in [5, 5.41) is 11.8. The van der Waals surface area contributed by atoms with E-state index in [1.165, 1.54) is 29.5 Å². The average molecular weight is 460 g/mol. The molecule has 1 aliphatic heterocycles. The lowest BCUT2D eigenvalue weighted by Crippen LogP contribution is -2.43. The molecule has 0 saturated carbocycles. The summed E-state index contributed by atoms with van der Waals surface area (Å²) in [4.78, 5) is 13.3. The number of carbonyl (C=O) groups is 1. The van der Waals surface area contributed by atoms with Crippen molar-refractivity contribution in [3.63, 3.8) is 0 Å². The predicted molar refractivity (Wildman–Crippen MR) is 127 cm³/mol. The minimum atomic E-state index is -0.513. The highest BCUT2D eigenvalue weighted by molar-refractivity contribution is 8.00. The molecule has 33 heavy (non-hydrogen) atoms. The minimum absolute atomic E-state index is 0.127. The van der Waals surface area contributed by atoms with E-state index >= 15 is 0 Å². The first kappa shape index (κ1) is 21.2. The van der Waals surface area contributed by atoms with Crippen molar-refractivity contribution in [1.82, 2.24) is 20.2 Å². The monoisotopic (exact) mass is 459 g/mol. The van der Waals surface area contributed by atoms with Crippen LogP contribution in [0.15, 0.2) is 84.0 Å². The van der Waals surface area contributed by atoms with Gasteiger partial charge in [-0.15, -0.1) is 10.2 Å². The first-order valence-electron chi connectivity index (χ1n) is 10.6. The zero-order valence-corrected chi connectivity index (χ0v) is 18.7. The molecule has 166 valence electrons. The van der Waals surface area contributed by atoms with Crippen molar-refractivity contribution < 1.29 is 9.18 Å². The average Bonchev–Trinajstić information content (AvgIpc) is 3.27. The molecule has 1 aromatic heterocycles. The van der Waals surface area contributed by atoms with Gasteiger partial charge in [-0.05, 0) is 30.2 Å². The number of hydrogen-bond donors (Lipinski definition) is 2. The standard InChI is InChI=1S/C25H22FN5OS/c1-16-7-9-17(10-8-16)15-27-24(32)22-21(18-11-13-20(26)14-12-18)30-31-23(28-29-25(31)33-22)19-5-3-2-4-6-19/h2-14,21-22,30H,15H2,1H3,(H,27,32)/t21-,22-/m1/s1. The molecule has 0 unspecified atom stereocenters. The SMILES string of the molecule is Cc1ccc(CNC(=O)[C@@H]2Sc3nnc(-c4ccccc4)n3N[C@@H]2c2ccc(F)cc2)cc1. The van der Waals surface area contributed by atoms with Gasteiger partial charge < -0.3 is 10.7 Å². The maximum absolute atomic E-state index is 13.6. The normalized spacial score (nSPS) is 17.2. The number of rotatable bonds is 5. The first-order chi connectivity index (χ1) is 16.1. The molecule has 2 atom stereocenters. The van der Waals surface area contributed by atoms with Gasteiger partial charge in [0.25, 0.3) is 0 Å². The van der Waals surface area contributed by atoms with Crippen molar-refractivity contribution in [1.29, 1.82) is 0 Å². The minimum Gasteiger partial charge on any atom is -0.351 e. The predicted octanol–water partition coefficient (Wildman–Crippen LogP) is 4.47. The number of thioether (sulfide) groups is 1. The molecule has 0 saturated heterocycles. The fourth-order valence-corrected chi connectivity index (χ4v) is 4.85. The number of halogens is 1. The molecule has 4 aromatic rings. The highest BCUT2D eigenvalue weighted by Gasteiger charge is 2.37. The van der Waals surface area contributed by atoms with Crippen LogP contribution in [-0.4, -0.2) is 26.0 Å². The van der Waals surface area contributed by atoms with Crippen LogP contribution in [0.1, 0.15) is 22.7 Å². The Bertz CT molecular complexity index is 1260. The first-order valence-corrected chi connectivity index (χ1v) is 11.5. The fraction of sp³-hybridized carbons (Fsp3) is 0.160. The largest absolute Gasteiger partial charge is 0.351 e. The number of aryl methyl sites for hydroxylation is 1. The number of fused-ring (bicyclic) bond motifs is 1. The summed E-state index contributed by atoms with van der Waals surface area (Å²) in [6.07, 6.45) is 0. The Morgan fingerprint density at radius 1 is 1.03 bits per heavy atom. The third kappa shape index (κ3) is 4.47. The van der Waals surface area contributed by atoms with Crippen LogP contribution in [0.2, 0.25) is 0 Å². The lowest BCUT2D eigenvalue weighted by molar-refractivity contribution is -0.121. The second-order valence-corrected chi connectivity index (χ2v) is 9.02. The zero-order valence-electron chi connectivity index (χ0n) is 17.9. The summed E-state index contributed by atoms with van der Waals surface area (Å²) in [5.74, 6) is 0.208. The number of nitrogens with one attached hydrogen (secondary N) is 2. The van der Waals surface area contributed by atoms with E-state index in [-0.39, 0.29) is 11.7 Å². The van der Waals surface area contributed by atoms with Crippen LogP contribution >= 0.6 is 11.8 Å². The van der Waals surface area contributed by atoms with Crippen molar-refractivity contribution >= 4 is 17.7 Å². The van der Waals surface area contributed by atoms with Gasteiger partial charge in [0.05, 0.1) is 6.04 Å². The number of nitrogens with zero attached hydrogens (tertiary/aromatic N) is 3. The van der Waals surface area contributed by atoms with Crippen molar-refractivity contribution in [2.75, 3.05) is 5.43 Å². The van der Waals surface area contributed by atoms with E-state index in [1.807, 2.05) is 61.5 Å². The van der Waals surface area contributed by atoms with Gasteiger partial charge in [0.15, 0.2) is 5.82 Å². The molecular weight excluding hydrogens is 437 g/mol. The van der Waals surface area contributed by atoms with Crippen molar-refractivity contribution in [3.05, 3.63) is 101 Å². The van der Waals surface area contributed by atoms with E-state index in [0.29, 0.717) is 17.5 Å². The lowest BCUT2D eigenvalue weighted by Gasteiger charge is -2.33. The van der Waals surface area contributed by atoms with Gasteiger partial charge in [0, 0.05) is 12.1 Å². The molecule has 0 bridgehead atoms. The maximum atomic E-state index is 13.6. The molecule has 1 aliphatic rings. The van der Waals surface area contributed by atoms with Crippen LogP contribution in [0.4, 0.5) is 4.39 Å². The van der Waals surface area contributed by atoms with Gasteiger partial charge in [0.1, 0.15) is 11.1 Å². The Kier molecular flexibility index (Phi) is 5.83. The van der Waals surface area contributed by atoms with Gasteiger partial charge in [-0.2, -0.15) is 0 Å². The van der Waals surface area contributed by atoms with Crippen LogP contribution in [0, 0.1) is 12.7 Å². The van der Waals surface area contributed by atoms with Crippen molar-refractivity contribution in [2.24, 2.45) is 0 Å². The molecule has 2 N–H and O–H groups in total. The summed E-state index contributed by atoms with van der Waals surface area (Å²) in [6, 6.07) is 23.6. The Balaban J connectivity index is 1.44. The fourth-order valence-electron chi connectivity index (χ4n) is 3.75. The second-order valence-electron chi connectivity index (χ2n) is 7.91. The number of benzene rings is 3. The van der Waals surface area contributed by atoms with E-state index in [0.717, 1.165) is 16.7 Å². The highest BCUT2D eigenvalue weighted by atomic mass is 32.2. The number of hydrogen-bond acceptors (Lipinski definition) is 5. The molecule has 0 spiro atoms. The maximum Gasteiger partial charge on any atom is 0.236 e. The molecule has 0 fully saturated rings. The Hall–Kier alpha value is -3.65. The van der Waals surface area contributed by atoms with Crippen LogP contribution in [-0.2, 0) is 11.3 Å². The molecule has 0 aliphatic carbocycles. The van der Waals surface area contributed by atoms with Crippen molar-refractivity contribution in [2.45, 2.75) is 29.9 Å². The summed E-state index contributed by atoms with van der Waals surface area (Å²) in [5.41, 5.74) is 7.31. The molecular formula is C25H22FN5OS. The molecule has 8 heteroatoms. The third-order valence-corrected chi connectivity index (χ3v) is 6.76. The lowest BCUT2D eigenvalue weighted by atomic mass is 10.0. The Morgan fingerprint density at radius 2 is 1.76 bits per heavy atom. The third-order valence-electron chi connectivity index (χ3n) is 5.54. The van der Waals surface area contributed by atoms with E-state index in [2.05, 4.69) is 20.9 Å². The van der Waals surface area contributed by atoms with Gasteiger partial charge in [-0.25, -0.2) is 9.07 Å². The van der Waals surface area contributed by atoms with Gasteiger partial charge >= 0.3 is 0 Å². The van der Waals surface area contributed by atoms with E-state index < -0.39 is 11.3 Å². The second kappa shape index (κ2) is 9.07. The number of carbonyl (C=O) groups excluding carboxylic acids is 1. The smallest absolute Gasteiger partial charge is 0.236 e. The van der Waals surface area contributed by atoms with Gasteiger partial charge in [0.2, 0.25) is 11.1 Å². The summed E-state index contributed by atoms with van der Waals surface area (Å²) < 4.78 is 15.4. The van der Waals surface area contributed by atoms with Gasteiger partial charge in [-0.3, -0.25) is 4.79 Å². The van der Waals surface area contributed by atoms with E-state index in [1.54, 1.807) is 16.8 Å². The van der Waals surface area contributed by atoms with Crippen molar-refractivity contribution in [3.8, 4) is 11.4 Å². The highest BCUT2D eigenvalue weighted by Crippen LogP contribution is 2.38. The molecule has 0 radical (unpaired) electrons. The quantitative estimate of drug-likeness (QED) is 0.461.